The maximum atomic E-state index is 8.69. The molecule has 1 heterocycles. The number of hydrogen-bond donors (Lipinski definition) is 1. The Morgan fingerprint density at radius 3 is 3.00 bits per heavy atom. The van der Waals surface area contributed by atoms with Gasteiger partial charge in [-0.3, -0.25) is 0 Å². The first-order valence-corrected chi connectivity index (χ1v) is 4.92. The highest BCUT2D eigenvalue weighted by molar-refractivity contribution is 5.39. The molecule has 1 rings (SSSR count). The lowest BCUT2D eigenvalue weighted by molar-refractivity contribution is 0.184. The lowest BCUT2D eigenvalue weighted by Gasteiger charge is -2.16. The summed E-state index contributed by atoms with van der Waals surface area (Å²) >= 11 is 0. The molecule has 0 saturated heterocycles. The first-order valence-electron chi connectivity index (χ1n) is 4.92. The Morgan fingerprint density at radius 2 is 2.40 bits per heavy atom. The molecule has 0 aromatic carbocycles. The highest BCUT2D eigenvalue weighted by atomic mass is 16.5. The van der Waals surface area contributed by atoms with Gasteiger partial charge in [0.2, 0.25) is 0 Å². The summed E-state index contributed by atoms with van der Waals surface area (Å²) in [5, 5.41) is 11.9. The number of methoxy groups -OCH3 is 1. The fourth-order valence-corrected chi connectivity index (χ4v) is 1.25. The predicted octanol–water partition coefficient (Wildman–Crippen LogP) is 1.79. The second-order valence-electron chi connectivity index (χ2n) is 3.22. The van der Waals surface area contributed by atoms with Crippen LogP contribution in [0.5, 0.6) is 0 Å². The van der Waals surface area contributed by atoms with Crippen molar-refractivity contribution in [2.45, 2.75) is 19.4 Å². The molecule has 0 spiro atoms. The van der Waals surface area contributed by atoms with Crippen LogP contribution in [0.25, 0.3) is 0 Å². The number of rotatable bonds is 5. The summed E-state index contributed by atoms with van der Waals surface area (Å²) in [4.78, 5) is 4.13. The summed E-state index contributed by atoms with van der Waals surface area (Å²) in [7, 11) is 1.67. The van der Waals surface area contributed by atoms with E-state index in [1.165, 1.54) is 0 Å². The number of anilines is 1. The maximum Gasteiger partial charge on any atom is 0.142 e. The third-order valence-corrected chi connectivity index (χ3v) is 2.08. The van der Waals surface area contributed by atoms with Crippen LogP contribution >= 0.6 is 0 Å². The third kappa shape index (κ3) is 3.56. The number of aromatic nitrogens is 1. The van der Waals surface area contributed by atoms with Crippen LogP contribution in [0.1, 0.15) is 19.0 Å². The van der Waals surface area contributed by atoms with E-state index < -0.39 is 0 Å². The van der Waals surface area contributed by atoms with Crippen LogP contribution in [0.3, 0.4) is 0 Å². The van der Waals surface area contributed by atoms with Crippen molar-refractivity contribution in [1.82, 2.24) is 4.98 Å². The zero-order chi connectivity index (χ0) is 11.1. The Bertz CT molecular complexity index is 346. The molecule has 1 N–H and O–H groups in total. The van der Waals surface area contributed by atoms with Crippen molar-refractivity contribution < 1.29 is 4.74 Å². The standard InChI is InChI=1S/C11H15N3O/c1-3-9(8-15-2)13-11-6-4-5-10(7-12)14-11/h4-6,9H,3,8H2,1-2H3,(H,13,14). The van der Waals surface area contributed by atoms with E-state index in [1.807, 2.05) is 18.2 Å². The fourth-order valence-electron chi connectivity index (χ4n) is 1.25. The topological polar surface area (TPSA) is 57.9 Å². The lowest BCUT2D eigenvalue weighted by atomic mass is 10.2. The minimum atomic E-state index is 0.233. The van der Waals surface area contributed by atoms with Gasteiger partial charge in [0.1, 0.15) is 17.6 Å². The van der Waals surface area contributed by atoms with E-state index in [2.05, 4.69) is 17.2 Å². The van der Waals surface area contributed by atoms with Gasteiger partial charge in [0.25, 0.3) is 0 Å². The number of pyridine rings is 1. The van der Waals surface area contributed by atoms with Crippen LogP contribution in [0.15, 0.2) is 18.2 Å². The van der Waals surface area contributed by atoms with Gasteiger partial charge >= 0.3 is 0 Å². The average molecular weight is 205 g/mol. The van der Waals surface area contributed by atoms with Gasteiger partial charge in [-0.1, -0.05) is 13.0 Å². The molecule has 4 nitrogen and oxygen atoms in total. The van der Waals surface area contributed by atoms with Crippen molar-refractivity contribution in [3.05, 3.63) is 23.9 Å². The van der Waals surface area contributed by atoms with Crippen LogP contribution in [0.2, 0.25) is 0 Å². The van der Waals surface area contributed by atoms with Crippen molar-refractivity contribution >= 4 is 5.82 Å². The molecule has 80 valence electrons. The van der Waals surface area contributed by atoms with Crippen LogP contribution < -0.4 is 5.32 Å². The third-order valence-electron chi connectivity index (χ3n) is 2.08. The first kappa shape index (κ1) is 11.5. The summed E-state index contributed by atoms with van der Waals surface area (Å²) in [6.45, 7) is 2.71. The summed E-state index contributed by atoms with van der Waals surface area (Å²) in [6, 6.07) is 7.58. The zero-order valence-corrected chi connectivity index (χ0v) is 9.03. The van der Waals surface area contributed by atoms with Crippen molar-refractivity contribution in [2.75, 3.05) is 19.0 Å². The molecule has 1 atom stereocenters. The second-order valence-corrected chi connectivity index (χ2v) is 3.22. The highest BCUT2D eigenvalue weighted by Gasteiger charge is 2.06. The molecular formula is C11H15N3O. The Kier molecular flexibility index (Phi) is 4.58. The van der Waals surface area contributed by atoms with E-state index in [1.54, 1.807) is 13.2 Å². The highest BCUT2D eigenvalue weighted by Crippen LogP contribution is 2.07. The summed E-state index contributed by atoms with van der Waals surface area (Å²) in [6.07, 6.45) is 0.951. The van der Waals surface area contributed by atoms with Crippen molar-refractivity contribution in [3.8, 4) is 6.07 Å². The number of hydrogen-bond acceptors (Lipinski definition) is 4. The molecule has 1 unspecified atom stereocenters. The van der Waals surface area contributed by atoms with E-state index in [0.717, 1.165) is 12.2 Å². The van der Waals surface area contributed by atoms with E-state index in [9.17, 15) is 0 Å². The molecule has 0 saturated carbocycles. The van der Waals surface area contributed by atoms with Crippen molar-refractivity contribution in [1.29, 1.82) is 5.26 Å². The minimum absolute atomic E-state index is 0.233. The van der Waals surface area contributed by atoms with Crippen LogP contribution in [-0.2, 0) is 4.74 Å². The molecule has 1 aromatic rings. The Labute approximate surface area is 89.9 Å². The van der Waals surface area contributed by atoms with Crippen LogP contribution in [0.4, 0.5) is 5.82 Å². The number of nitrogens with one attached hydrogen (secondary N) is 1. The van der Waals surface area contributed by atoms with Gasteiger partial charge in [-0.25, -0.2) is 4.98 Å². The van der Waals surface area contributed by atoms with Gasteiger partial charge in [0, 0.05) is 7.11 Å². The molecule has 0 aliphatic heterocycles. The summed E-state index contributed by atoms with van der Waals surface area (Å²) in [5.74, 6) is 0.720. The van der Waals surface area contributed by atoms with Gasteiger partial charge in [0.15, 0.2) is 0 Å². The molecular weight excluding hydrogens is 190 g/mol. The SMILES string of the molecule is CCC(COC)Nc1cccc(C#N)n1. The van der Waals surface area contributed by atoms with Crippen LogP contribution in [-0.4, -0.2) is 24.7 Å². The molecule has 4 heteroatoms. The smallest absolute Gasteiger partial charge is 0.142 e. The minimum Gasteiger partial charge on any atom is -0.383 e. The van der Waals surface area contributed by atoms with Gasteiger partial charge in [-0.2, -0.15) is 5.26 Å². The number of ether oxygens (including phenoxy) is 1. The molecule has 0 amide bonds. The summed E-state index contributed by atoms with van der Waals surface area (Å²) in [5.41, 5.74) is 0.423. The van der Waals surface area contributed by atoms with Gasteiger partial charge in [-0.05, 0) is 18.6 Å². The quantitative estimate of drug-likeness (QED) is 0.796. The van der Waals surface area contributed by atoms with E-state index in [0.29, 0.717) is 12.3 Å². The lowest BCUT2D eigenvalue weighted by Crippen LogP contribution is -2.24. The van der Waals surface area contributed by atoms with Gasteiger partial charge in [0.05, 0.1) is 12.6 Å². The van der Waals surface area contributed by atoms with Crippen molar-refractivity contribution in [3.63, 3.8) is 0 Å². The normalized spacial score (nSPS) is 11.8. The molecule has 0 aliphatic rings. The molecule has 0 radical (unpaired) electrons. The van der Waals surface area contributed by atoms with Crippen LogP contribution in [0, 0.1) is 11.3 Å². The van der Waals surface area contributed by atoms with Gasteiger partial charge < -0.3 is 10.1 Å². The number of nitrogens with zero attached hydrogens (tertiary/aromatic N) is 2. The first-order chi connectivity index (χ1) is 7.30. The summed E-state index contributed by atoms with van der Waals surface area (Å²) < 4.78 is 5.07. The molecule has 15 heavy (non-hydrogen) atoms. The fraction of sp³-hybridized carbons (Fsp3) is 0.455. The monoisotopic (exact) mass is 205 g/mol. The molecule has 0 fully saturated rings. The Hall–Kier alpha value is -1.60. The Morgan fingerprint density at radius 1 is 1.60 bits per heavy atom. The maximum absolute atomic E-state index is 8.69. The van der Waals surface area contributed by atoms with Gasteiger partial charge in [-0.15, -0.1) is 0 Å². The van der Waals surface area contributed by atoms with Crippen molar-refractivity contribution in [2.24, 2.45) is 0 Å². The predicted molar refractivity (Wildman–Crippen MR) is 58.5 cm³/mol. The van der Waals surface area contributed by atoms with E-state index >= 15 is 0 Å². The number of nitriles is 1. The molecule has 0 bridgehead atoms. The average Bonchev–Trinajstić information content (AvgIpc) is 2.29. The van der Waals surface area contributed by atoms with E-state index in [4.69, 9.17) is 10.00 Å². The van der Waals surface area contributed by atoms with E-state index in [-0.39, 0.29) is 6.04 Å². The Balaban J connectivity index is 2.66. The largest absolute Gasteiger partial charge is 0.383 e. The zero-order valence-electron chi connectivity index (χ0n) is 9.03. The molecule has 0 aliphatic carbocycles. The second kappa shape index (κ2) is 5.99. The molecule has 1 aromatic heterocycles.